The van der Waals surface area contributed by atoms with Crippen LogP contribution in [0.5, 0.6) is 0 Å². The quantitative estimate of drug-likeness (QED) is 0.649. The number of aliphatic carboxylic acids is 1. The van der Waals surface area contributed by atoms with Crippen LogP contribution in [-0.4, -0.2) is 11.1 Å². The van der Waals surface area contributed by atoms with E-state index in [1.807, 2.05) is 0 Å². The van der Waals surface area contributed by atoms with E-state index in [0.29, 0.717) is 6.92 Å². The third-order valence-corrected chi connectivity index (χ3v) is 2.45. The summed E-state index contributed by atoms with van der Waals surface area (Å²) in [6.45, 7) is 0.554. The highest BCUT2D eigenvalue weighted by Crippen LogP contribution is 2.38. The summed E-state index contributed by atoms with van der Waals surface area (Å²) in [5, 5.41) is 8.49. The third-order valence-electron chi connectivity index (χ3n) is 2.45. The molecule has 3 N–H and O–H groups in total. The highest BCUT2D eigenvalue weighted by Gasteiger charge is 2.41. The molecule has 0 fully saturated rings. The highest BCUT2D eigenvalue weighted by atomic mass is 19.4. The summed E-state index contributed by atoms with van der Waals surface area (Å²) in [7, 11) is 0. The summed E-state index contributed by atoms with van der Waals surface area (Å²) in [6, 6.07) is -2.31. The zero-order valence-electron chi connectivity index (χ0n) is 9.28. The number of carboxylic acid groups (broad SMARTS) is 1. The summed E-state index contributed by atoms with van der Waals surface area (Å²) in [5.74, 6) is -8.37. The van der Waals surface area contributed by atoms with E-state index in [-0.39, 0.29) is 0 Å². The Labute approximate surface area is 102 Å². The van der Waals surface area contributed by atoms with E-state index in [1.54, 1.807) is 0 Å². The molecule has 1 rings (SSSR count). The molecule has 19 heavy (non-hydrogen) atoms. The van der Waals surface area contributed by atoms with Gasteiger partial charge >= 0.3 is 12.1 Å². The minimum absolute atomic E-state index is 0.554. The minimum Gasteiger partial charge on any atom is -0.480 e. The topological polar surface area (TPSA) is 63.3 Å². The molecular formula is C10H7F6NO2. The van der Waals surface area contributed by atoms with Gasteiger partial charge in [-0.05, 0) is 6.92 Å². The monoisotopic (exact) mass is 287 g/mol. The second-order valence-corrected chi connectivity index (χ2v) is 3.67. The molecule has 1 aromatic rings. The first-order chi connectivity index (χ1) is 8.50. The fraction of sp³-hybridized carbons (Fsp3) is 0.300. The first-order valence-electron chi connectivity index (χ1n) is 4.72. The second kappa shape index (κ2) is 4.72. The smallest absolute Gasteiger partial charge is 0.419 e. The summed E-state index contributed by atoms with van der Waals surface area (Å²) < 4.78 is 77.6. The van der Waals surface area contributed by atoms with E-state index in [0.717, 1.165) is 0 Å². The lowest BCUT2D eigenvalue weighted by molar-refractivity contribution is -0.141. The molecular weight excluding hydrogens is 280 g/mol. The maximum absolute atomic E-state index is 13.6. The zero-order chi connectivity index (χ0) is 15.1. The molecule has 0 aliphatic rings. The molecule has 106 valence electrons. The molecule has 0 aliphatic carbocycles. The van der Waals surface area contributed by atoms with E-state index in [1.165, 1.54) is 0 Å². The Morgan fingerprint density at radius 2 is 1.63 bits per heavy atom. The van der Waals surface area contributed by atoms with E-state index < -0.39 is 52.3 Å². The van der Waals surface area contributed by atoms with Crippen LogP contribution in [-0.2, 0) is 11.0 Å². The number of hydrogen-bond donors (Lipinski definition) is 2. The largest absolute Gasteiger partial charge is 0.480 e. The van der Waals surface area contributed by atoms with Crippen LogP contribution in [0.2, 0.25) is 0 Å². The molecule has 1 atom stereocenters. The van der Waals surface area contributed by atoms with Gasteiger partial charge in [0.1, 0.15) is 17.4 Å². The van der Waals surface area contributed by atoms with Crippen LogP contribution < -0.4 is 5.73 Å². The lowest BCUT2D eigenvalue weighted by Gasteiger charge is -2.17. The molecule has 0 saturated heterocycles. The van der Waals surface area contributed by atoms with Crippen LogP contribution in [0.3, 0.4) is 0 Å². The lowest BCUT2D eigenvalue weighted by atomic mass is 9.97. The average Bonchev–Trinajstić information content (AvgIpc) is 2.24. The number of hydrogen-bond acceptors (Lipinski definition) is 2. The number of carboxylic acids is 1. The van der Waals surface area contributed by atoms with E-state index >= 15 is 0 Å². The van der Waals surface area contributed by atoms with Crippen molar-refractivity contribution in [2.24, 2.45) is 5.73 Å². The van der Waals surface area contributed by atoms with Gasteiger partial charge in [-0.1, -0.05) is 0 Å². The van der Waals surface area contributed by atoms with E-state index in [9.17, 15) is 31.1 Å². The number of alkyl halides is 3. The minimum atomic E-state index is -5.32. The zero-order valence-corrected chi connectivity index (χ0v) is 9.28. The van der Waals surface area contributed by atoms with Crippen molar-refractivity contribution in [1.82, 2.24) is 0 Å². The Morgan fingerprint density at radius 3 is 2.00 bits per heavy atom. The van der Waals surface area contributed by atoms with Crippen molar-refractivity contribution >= 4 is 5.97 Å². The van der Waals surface area contributed by atoms with Gasteiger partial charge in [0.05, 0.1) is 5.56 Å². The first-order valence-corrected chi connectivity index (χ1v) is 4.72. The maximum Gasteiger partial charge on any atom is 0.419 e. The molecule has 0 spiro atoms. The van der Waals surface area contributed by atoms with Crippen molar-refractivity contribution in [2.75, 3.05) is 0 Å². The number of nitrogens with two attached hydrogens (primary N) is 1. The van der Waals surface area contributed by atoms with Gasteiger partial charge in [0.2, 0.25) is 0 Å². The van der Waals surface area contributed by atoms with E-state index in [4.69, 9.17) is 10.8 Å². The van der Waals surface area contributed by atoms with Gasteiger partial charge in [0.25, 0.3) is 0 Å². The van der Waals surface area contributed by atoms with E-state index in [2.05, 4.69) is 0 Å². The van der Waals surface area contributed by atoms with Crippen molar-refractivity contribution in [3.05, 3.63) is 34.1 Å². The predicted molar refractivity (Wildman–Crippen MR) is 50.6 cm³/mol. The first kappa shape index (κ1) is 15.3. The SMILES string of the molecule is Cc1c(F)c([C@H](N)C(=O)O)c(F)c(F)c1C(F)(F)F. The Morgan fingerprint density at radius 1 is 1.16 bits per heavy atom. The van der Waals surface area contributed by atoms with Gasteiger partial charge in [-0.3, -0.25) is 4.79 Å². The molecule has 0 aliphatic heterocycles. The molecule has 3 nitrogen and oxygen atoms in total. The number of benzene rings is 1. The van der Waals surface area contributed by atoms with Crippen molar-refractivity contribution < 1.29 is 36.2 Å². The molecule has 0 aromatic heterocycles. The fourth-order valence-electron chi connectivity index (χ4n) is 1.53. The molecule has 0 amide bonds. The molecule has 9 heteroatoms. The molecule has 0 unspecified atom stereocenters. The molecule has 0 radical (unpaired) electrons. The lowest BCUT2D eigenvalue weighted by Crippen LogP contribution is -2.26. The van der Waals surface area contributed by atoms with Crippen LogP contribution >= 0.6 is 0 Å². The molecule has 1 aromatic carbocycles. The number of carbonyl (C=O) groups is 1. The normalized spacial score (nSPS) is 13.5. The van der Waals surface area contributed by atoms with Crippen LogP contribution in [0.25, 0.3) is 0 Å². The van der Waals surface area contributed by atoms with Gasteiger partial charge < -0.3 is 10.8 Å². The van der Waals surface area contributed by atoms with Gasteiger partial charge in [0.15, 0.2) is 11.6 Å². The summed E-state index contributed by atoms with van der Waals surface area (Å²) in [4.78, 5) is 10.5. The molecule has 0 bridgehead atoms. The summed E-state index contributed by atoms with van der Waals surface area (Å²) in [6.07, 6.45) is -5.32. The van der Waals surface area contributed by atoms with Gasteiger partial charge in [-0.15, -0.1) is 0 Å². The molecule has 0 saturated carbocycles. The second-order valence-electron chi connectivity index (χ2n) is 3.67. The van der Waals surface area contributed by atoms with Crippen LogP contribution in [0.4, 0.5) is 26.3 Å². The van der Waals surface area contributed by atoms with Crippen LogP contribution in [0.1, 0.15) is 22.7 Å². The van der Waals surface area contributed by atoms with Gasteiger partial charge in [-0.25, -0.2) is 13.2 Å². The Bertz CT molecular complexity index is 511. The van der Waals surface area contributed by atoms with Crippen LogP contribution in [0.15, 0.2) is 0 Å². The Hall–Kier alpha value is -1.77. The van der Waals surface area contributed by atoms with Crippen LogP contribution in [0, 0.1) is 24.4 Å². The Balaban J connectivity index is 3.71. The number of rotatable bonds is 2. The Kier molecular flexibility index (Phi) is 3.80. The molecule has 0 heterocycles. The van der Waals surface area contributed by atoms with Crippen molar-refractivity contribution in [3.8, 4) is 0 Å². The summed E-state index contributed by atoms with van der Waals surface area (Å²) in [5.41, 5.74) is 0.0871. The van der Waals surface area contributed by atoms with Crippen molar-refractivity contribution in [2.45, 2.75) is 19.1 Å². The number of halogens is 6. The highest BCUT2D eigenvalue weighted by molar-refractivity contribution is 5.75. The van der Waals surface area contributed by atoms with Gasteiger partial charge in [-0.2, -0.15) is 13.2 Å². The van der Waals surface area contributed by atoms with Crippen molar-refractivity contribution in [1.29, 1.82) is 0 Å². The fourth-order valence-corrected chi connectivity index (χ4v) is 1.53. The summed E-state index contributed by atoms with van der Waals surface area (Å²) >= 11 is 0. The third kappa shape index (κ3) is 2.50. The standard InChI is InChI=1S/C10H7F6NO2/c1-2-4(10(14,15)16)7(13)6(12)3(5(2)11)8(17)9(18)19/h8H,17H2,1H3,(H,18,19)/t8-/m0/s1. The van der Waals surface area contributed by atoms with Crippen molar-refractivity contribution in [3.63, 3.8) is 0 Å². The maximum atomic E-state index is 13.6. The van der Waals surface area contributed by atoms with Gasteiger partial charge in [0, 0.05) is 5.56 Å². The average molecular weight is 287 g/mol. The predicted octanol–water partition coefficient (Wildman–Crippen LogP) is 2.52.